The van der Waals surface area contributed by atoms with Crippen LogP contribution in [0.1, 0.15) is 18.1 Å². The standard InChI is InChI=1S/C18H22ClNO3/c1-13(21)10-20-11-15-8-16(19)9-17(22-2)18(15)23-12-14-6-4-3-5-7-14/h3-9,13,20-21H,10-12H2,1-2H3/t13-/m1/s1. The summed E-state index contributed by atoms with van der Waals surface area (Å²) in [5.41, 5.74) is 1.97. The zero-order chi connectivity index (χ0) is 16.7. The Morgan fingerprint density at radius 1 is 1.22 bits per heavy atom. The second-order valence-electron chi connectivity index (χ2n) is 5.35. The molecule has 0 bridgehead atoms. The Morgan fingerprint density at radius 3 is 2.61 bits per heavy atom. The number of hydrogen-bond acceptors (Lipinski definition) is 4. The second kappa shape index (κ2) is 8.77. The molecule has 0 saturated heterocycles. The molecule has 5 heteroatoms. The van der Waals surface area contributed by atoms with Crippen LogP contribution in [-0.2, 0) is 13.2 Å². The van der Waals surface area contributed by atoms with Gasteiger partial charge in [0.2, 0.25) is 0 Å². The normalized spacial score (nSPS) is 12.0. The van der Waals surface area contributed by atoms with Crippen LogP contribution in [0.3, 0.4) is 0 Å². The zero-order valence-corrected chi connectivity index (χ0v) is 14.1. The maximum absolute atomic E-state index is 9.36. The summed E-state index contributed by atoms with van der Waals surface area (Å²) in [6.45, 7) is 3.21. The smallest absolute Gasteiger partial charge is 0.166 e. The van der Waals surface area contributed by atoms with E-state index in [1.54, 1.807) is 20.1 Å². The van der Waals surface area contributed by atoms with Crippen LogP contribution in [0, 0.1) is 0 Å². The van der Waals surface area contributed by atoms with Gasteiger partial charge >= 0.3 is 0 Å². The van der Waals surface area contributed by atoms with Gasteiger partial charge < -0.3 is 19.9 Å². The fraction of sp³-hybridized carbons (Fsp3) is 0.333. The highest BCUT2D eigenvalue weighted by Crippen LogP contribution is 2.35. The second-order valence-corrected chi connectivity index (χ2v) is 5.79. The molecule has 0 amide bonds. The van der Waals surface area contributed by atoms with E-state index in [1.165, 1.54) is 0 Å². The molecule has 23 heavy (non-hydrogen) atoms. The number of aliphatic hydroxyl groups excluding tert-OH is 1. The van der Waals surface area contributed by atoms with Crippen LogP contribution in [-0.4, -0.2) is 24.9 Å². The maximum atomic E-state index is 9.36. The van der Waals surface area contributed by atoms with E-state index in [0.717, 1.165) is 11.1 Å². The van der Waals surface area contributed by atoms with Crippen LogP contribution < -0.4 is 14.8 Å². The molecular weight excluding hydrogens is 314 g/mol. The minimum atomic E-state index is -0.412. The number of hydrogen-bond donors (Lipinski definition) is 2. The number of benzene rings is 2. The minimum Gasteiger partial charge on any atom is -0.493 e. The van der Waals surface area contributed by atoms with Gasteiger partial charge in [-0.25, -0.2) is 0 Å². The van der Waals surface area contributed by atoms with E-state index in [-0.39, 0.29) is 0 Å². The molecule has 0 fully saturated rings. The molecule has 0 radical (unpaired) electrons. The Hall–Kier alpha value is -1.75. The minimum absolute atomic E-state index is 0.412. The van der Waals surface area contributed by atoms with Crippen LogP contribution in [0.25, 0.3) is 0 Å². The monoisotopic (exact) mass is 335 g/mol. The molecule has 124 valence electrons. The van der Waals surface area contributed by atoms with E-state index in [1.807, 2.05) is 36.4 Å². The van der Waals surface area contributed by atoms with Crippen LogP contribution in [0.5, 0.6) is 11.5 Å². The van der Waals surface area contributed by atoms with Gasteiger partial charge in [-0.3, -0.25) is 0 Å². The first-order valence-electron chi connectivity index (χ1n) is 7.52. The molecular formula is C18H22ClNO3. The van der Waals surface area contributed by atoms with Gasteiger partial charge in [0.25, 0.3) is 0 Å². The number of halogens is 1. The van der Waals surface area contributed by atoms with E-state index in [9.17, 15) is 5.11 Å². The van der Waals surface area contributed by atoms with E-state index in [0.29, 0.717) is 36.2 Å². The fourth-order valence-electron chi connectivity index (χ4n) is 2.21. The quantitative estimate of drug-likeness (QED) is 0.776. The predicted molar refractivity (Wildman–Crippen MR) is 92.2 cm³/mol. The van der Waals surface area contributed by atoms with Crippen molar-refractivity contribution in [1.82, 2.24) is 5.32 Å². The summed E-state index contributed by atoms with van der Waals surface area (Å²) < 4.78 is 11.4. The molecule has 0 aliphatic carbocycles. The third-order valence-corrected chi connectivity index (χ3v) is 3.52. The third-order valence-electron chi connectivity index (χ3n) is 3.30. The molecule has 0 heterocycles. The van der Waals surface area contributed by atoms with Crippen LogP contribution in [0.15, 0.2) is 42.5 Å². The Balaban J connectivity index is 2.16. The third kappa shape index (κ3) is 5.43. The largest absolute Gasteiger partial charge is 0.493 e. The summed E-state index contributed by atoms with van der Waals surface area (Å²) in [5.74, 6) is 1.26. The van der Waals surface area contributed by atoms with Crippen molar-refractivity contribution < 1.29 is 14.6 Å². The maximum Gasteiger partial charge on any atom is 0.166 e. The summed E-state index contributed by atoms with van der Waals surface area (Å²) in [6, 6.07) is 13.5. The van der Waals surface area contributed by atoms with E-state index >= 15 is 0 Å². The van der Waals surface area contributed by atoms with E-state index in [4.69, 9.17) is 21.1 Å². The first-order valence-corrected chi connectivity index (χ1v) is 7.90. The SMILES string of the molecule is COc1cc(Cl)cc(CNC[C@@H](C)O)c1OCc1ccccc1. The Bertz CT molecular complexity index is 617. The molecule has 0 saturated carbocycles. The average molecular weight is 336 g/mol. The van der Waals surface area contributed by atoms with Gasteiger partial charge in [-0.1, -0.05) is 41.9 Å². The Kier molecular flexibility index (Phi) is 6.71. The molecule has 1 atom stereocenters. The van der Waals surface area contributed by atoms with Crippen molar-refractivity contribution in [2.75, 3.05) is 13.7 Å². The summed E-state index contributed by atoms with van der Waals surface area (Å²) in [4.78, 5) is 0. The topological polar surface area (TPSA) is 50.7 Å². The van der Waals surface area contributed by atoms with Gasteiger partial charge in [0.15, 0.2) is 11.5 Å². The molecule has 0 aliphatic heterocycles. The van der Waals surface area contributed by atoms with Gasteiger partial charge in [-0.2, -0.15) is 0 Å². The van der Waals surface area contributed by atoms with Crippen molar-refractivity contribution >= 4 is 11.6 Å². The molecule has 0 unspecified atom stereocenters. The number of aliphatic hydroxyl groups is 1. The summed E-state index contributed by atoms with van der Waals surface area (Å²) in [5, 5.41) is 13.1. The molecule has 0 aromatic heterocycles. The molecule has 0 aliphatic rings. The van der Waals surface area contributed by atoms with E-state index < -0.39 is 6.10 Å². The lowest BCUT2D eigenvalue weighted by Crippen LogP contribution is -2.24. The fourth-order valence-corrected chi connectivity index (χ4v) is 2.45. The van der Waals surface area contributed by atoms with Crippen molar-refractivity contribution in [1.29, 1.82) is 0 Å². The highest BCUT2D eigenvalue weighted by molar-refractivity contribution is 6.30. The summed E-state index contributed by atoms with van der Waals surface area (Å²) in [7, 11) is 1.59. The van der Waals surface area contributed by atoms with Crippen LogP contribution >= 0.6 is 11.6 Å². The highest BCUT2D eigenvalue weighted by Gasteiger charge is 2.13. The van der Waals surface area contributed by atoms with Crippen LogP contribution in [0.4, 0.5) is 0 Å². The lowest BCUT2D eigenvalue weighted by Gasteiger charge is -2.17. The van der Waals surface area contributed by atoms with Crippen molar-refractivity contribution in [3.05, 3.63) is 58.6 Å². The molecule has 4 nitrogen and oxygen atoms in total. The summed E-state index contributed by atoms with van der Waals surface area (Å²) in [6.07, 6.45) is -0.412. The number of ether oxygens (including phenoxy) is 2. The van der Waals surface area contributed by atoms with Gasteiger partial charge in [-0.15, -0.1) is 0 Å². The van der Waals surface area contributed by atoms with Gasteiger partial charge in [0, 0.05) is 29.7 Å². The van der Waals surface area contributed by atoms with Crippen molar-refractivity contribution in [2.24, 2.45) is 0 Å². The van der Waals surface area contributed by atoms with Crippen molar-refractivity contribution in [3.8, 4) is 11.5 Å². The lowest BCUT2D eigenvalue weighted by atomic mass is 10.1. The van der Waals surface area contributed by atoms with Crippen LogP contribution in [0.2, 0.25) is 5.02 Å². The number of nitrogens with one attached hydrogen (secondary N) is 1. The van der Waals surface area contributed by atoms with Gasteiger partial charge in [0.05, 0.1) is 13.2 Å². The van der Waals surface area contributed by atoms with E-state index in [2.05, 4.69) is 5.32 Å². The number of methoxy groups -OCH3 is 1. The molecule has 2 aromatic carbocycles. The van der Waals surface area contributed by atoms with Crippen molar-refractivity contribution in [2.45, 2.75) is 26.2 Å². The van der Waals surface area contributed by atoms with Crippen molar-refractivity contribution in [3.63, 3.8) is 0 Å². The Labute approximate surface area is 142 Å². The number of rotatable bonds is 8. The molecule has 2 N–H and O–H groups in total. The summed E-state index contributed by atoms with van der Waals surface area (Å²) >= 11 is 6.15. The predicted octanol–water partition coefficient (Wildman–Crippen LogP) is 3.40. The van der Waals surface area contributed by atoms with Gasteiger partial charge in [0.1, 0.15) is 6.61 Å². The molecule has 0 spiro atoms. The first kappa shape index (κ1) is 17.6. The molecule has 2 rings (SSSR count). The lowest BCUT2D eigenvalue weighted by molar-refractivity contribution is 0.190. The Morgan fingerprint density at radius 2 is 1.96 bits per heavy atom. The first-order chi connectivity index (χ1) is 11.1. The zero-order valence-electron chi connectivity index (χ0n) is 13.4. The van der Waals surface area contributed by atoms with Gasteiger partial charge in [-0.05, 0) is 18.6 Å². The molecule has 2 aromatic rings. The highest BCUT2D eigenvalue weighted by atomic mass is 35.5. The average Bonchev–Trinajstić information content (AvgIpc) is 2.54.